The van der Waals surface area contributed by atoms with Crippen LogP contribution in [0.5, 0.6) is 0 Å². The molecule has 0 unspecified atom stereocenters. The number of imidazole rings is 1. The van der Waals surface area contributed by atoms with Gasteiger partial charge in [0, 0.05) is 56.7 Å². The average Bonchev–Trinajstić information content (AvgIpc) is 3.50. The Hall–Kier alpha value is -4.14. The maximum Gasteiger partial charge on any atom is 0.289 e. The largest absolute Gasteiger partial charge is 0.459 e. The van der Waals surface area contributed by atoms with Crippen molar-refractivity contribution >= 4 is 29.0 Å². The molecule has 2 amide bonds. The predicted molar refractivity (Wildman–Crippen MR) is 120 cm³/mol. The van der Waals surface area contributed by atoms with Crippen molar-refractivity contribution in [1.29, 1.82) is 0 Å². The first-order valence-corrected chi connectivity index (χ1v) is 10.4. The summed E-state index contributed by atoms with van der Waals surface area (Å²) in [7, 11) is 0. The van der Waals surface area contributed by atoms with E-state index in [4.69, 9.17) is 9.40 Å². The van der Waals surface area contributed by atoms with Crippen molar-refractivity contribution in [2.45, 2.75) is 6.92 Å². The van der Waals surface area contributed by atoms with Crippen LogP contribution < -0.4 is 10.2 Å². The fraction of sp³-hybridized carbons (Fsp3) is 0.217. The summed E-state index contributed by atoms with van der Waals surface area (Å²) in [5.41, 5.74) is 3.27. The Morgan fingerprint density at radius 2 is 1.91 bits per heavy atom. The van der Waals surface area contributed by atoms with Crippen molar-refractivity contribution in [2.75, 3.05) is 36.4 Å². The maximum absolute atomic E-state index is 12.5. The molecule has 0 saturated carbocycles. The Labute approximate surface area is 184 Å². The van der Waals surface area contributed by atoms with Gasteiger partial charge in [-0.1, -0.05) is 12.1 Å². The van der Waals surface area contributed by atoms with Crippen LogP contribution in [0.3, 0.4) is 0 Å². The lowest BCUT2D eigenvalue weighted by Gasteiger charge is -2.35. The number of fused-ring (bicyclic) bond motifs is 1. The van der Waals surface area contributed by atoms with Gasteiger partial charge in [-0.3, -0.25) is 14.0 Å². The SMILES string of the molecule is CC(=O)Nc1cccc(-c2cnc(N3CCN(C(=O)c4ccco4)CC3)c3nccn23)c1. The molecule has 1 aliphatic rings. The summed E-state index contributed by atoms with van der Waals surface area (Å²) >= 11 is 0. The highest BCUT2D eigenvalue weighted by molar-refractivity contribution is 5.91. The van der Waals surface area contributed by atoms with Crippen molar-refractivity contribution in [3.8, 4) is 11.3 Å². The number of nitrogens with one attached hydrogen (secondary N) is 1. The first-order chi connectivity index (χ1) is 15.6. The zero-order valence-corrected chi connectivity index (χ0v) is 17.6. The number of furan rings is 1. The van der Waals surface area contributed by atoms with Gasteiger partial charge in [-0.05, 0) is 24.3 Å². The van der Waals surface area contributed by atoms with Crippen molar-refractivity contribution < 1.29 is 14.0 Å². The maximum atomic E-state index is 12.5. The summed E-state index contributed by atoms with van der Waals surface area (Å²) in [5.74, 6) is 0.927. The fourth-order valence-electron chi connectivity index (χ4n) is 3.98. The van der Waals surface area contributed by atoms with Gasteiger partial charge in [0.05, 0.1) is 18.2 Å². The monoisotopic (exact) mass is 430 g/mol. The van der Waals surface area contributed by atoms with E-state index < -0.39 is 0 Å². The molecule has 0 atom stereocenters. The van der Waals surface area contributed by atoms with Gasteiger partial charge in [-0.25, -0.2) is 9.97 Å². The molecule has 4 heterocycles. The summed E-state index contributed by atoms with van der Waals surface area (Å²) in [6.07, 6.45) is 6.98. The molecule has 0 radical (unpaired) electrons. The number of hydrogen-bond donors (Lipinski definition) is 1. The fourth-order valence-corrected chi connectivity index (χ4v) is 3.98. The summed E-state index contributed by atoms with van der Waals surface area (Å²) in [5, 5.41) is 2.81. The topological polar surface area (TPSA) is 96.0 Å². The molecule has 1 aromatic carbocycles. The quantitative estimate of drug-likeness (QED) is 0.535. The lowest BCUT2D eigenvalue weighted by molar-refractivity contribution is -0.114. The highest BCUT2D eigenvalue weighted by atomic mass is 16.3. The molecule has 3 aromatic heterocycles. The van der Waals surface area contributed by atoms with Gasteiger partial charge in [-0.15, -0.1) is 0 Å². The van der Waals surface area contributed by atoms with Gasteiger partial charge in [0.25, 0.3) is 5.91 Å². The smallest absolute Gasteiger partial charge is 0.289 e. The minimum atomic E-state index is -0.118. The standard InChI is InChI=1S/C23H22N6O3/c1-16(30)26-18-5-2-4-17(14-18)19-15-25-21(22-24-7-8-29(19)22)27-9-11-28(12-10-27)23(31)20-6-3-13-32-20/h2-8,13-15H,9-12H2,1H3,(H,26,30). The van der Waals surface area contributed by atoms with E-state index >= 15 is 0 Å². The Morgan fingerprint density at radius 3 is 2.66 bits per heavy atom. The molecule has 1 N–H and O–H groups in total. The normalized spacial score (nSPS) is 14.0. The number of piperazine rings is 1. The lowest BCUT2D eigenvalue weighted by Crippen LogP contribution is -2.49. The molecule has 9 heteroatoms. The van der Waals surface area contributed by atoms with Gasteiger partial charge in [-0.2, -0.15) is 0 Å². The van der Waals surface area contributed by atoms with Gasteiger partial charge < -0.3 is 19.5 Å². The van der Waals surface area contributed by atoms with Gasteiger partial charge >= 0.3 is 0 Å². The zero-order chi connectivity index (χ0) is 22.1. The number of aromatic nitrogens is 3. The molecule has 0 aliphatic carbocycles. The molecule has 0 bridgehead atoms. The number of rotatable bonds is 4. The lowest BCUT2D eigenvalue weighted by atomic mass is 10.1. The number of hydrogen-bond acceptors (Lipinski definition) is 6. The molecule has 1 saturated heterocycles. The van der Waals surface area contributed by atoms with Crippen LogP contribution >= 0.6 is 0 Å². The van der Waals surface area contributed by atoms with Crippen LogP contribution in [0.2, 0.25) is 0 Å². The highest BCUT2D eigenvalue weighted by Crippen LogP contribution is 2.27. The van der Waals surface area contributed by atoms with E-state index in [0.29, 0.717) is 31.9 Å². The van der Waals surface area contributed by atoms with E-state index in [1.54, 1.807) is 23.2 Å². The van der Waals surface area contributed by atoms with E-state index in [2.05, 4.69) is 15.2 Å². The minimum absolute atomic E-state index is 0.0945. The van der Waals surface area contributed by atoms with Crippen LogP contribution in [0.4, 0.5) is 11.5 Å². The van der Waals surface area contributed by atoms with E-state index in [-0.39, 0.29) is 11.8 Å². The second-order valence-electron chi connectivity index (χ2n) is 7.61. The van der Waals surface area contributed by atoms with Crippen molar-refractivity contribution in [2.24, 2.45) is 0 Å². The number of nitrogens with zero attached hydrogens (tertiary/aromatic N) is 5. The van der Waals surface area contributed by atoms with Gasteiger partial charge in [0.15, 0.2) is 17.2 Å². The van der Waals surface area contributed by atoms with E-state index in [0.717, 1.165) is 28.4 Å². The molecular weight excluding hydrogens is 408 g/mol. The second kappa shape index (κ2) is 8.18. The number of amides is 2. The number of anilines is 2. The van der Waals surface area contributed by atoms with Crippen LogP contribution in [0.15, 0.2) is 65.7 Å². The molecule has 9 nitrogen and oxygen atoms in total. The molecular formula is C23H22N6O3. The molecule has 4 aromatic rings. The van der Waals surface area contributed by atoms with Crippen molar-refractivity contribution in [3.05, 3.63) is 67.0 Å². The summed E-state index contributed by atoms with van der Waals surface area (Å²) in [6, 6.07) is 11.0. The Balaban J connectivity index is 1.39. The first kappa shape index (κ1) is 19.8. The number of benzene rings is 1. The Bertz CT molecular complexity index is 1270. The predicted octanol–water partition coefficient (Wildman–Crippen LogP) is 2.91. The number of carbonyl (C=O) groups excluding carboxylic acids is 2. The van der Waals surface area contributed by atoms with E-state index in [1.165, 1.54) is 13.2 Å². The number of carbonyl (C=O) groups is 2. The van der Waals surface area contributed by atoms with Crippen LogP contribution in [-0.4, -0.2) is 57.3 Å². The molecule has 1 aliphatic heterocycles. The highest BCUT2D eigenvalue weighted by Gasteiger charge is 2.26. The van der Waals surface area contributed by atoms with E-state index in [9.17, 15) is 9.59 Å². The molecule has 0 spiro atoms. The first-order valence-electron chi connectivity index (χ1n) is 10.4. The molecule has 5 rings (SSSR count). The summed E-state index contributed by atoms with van der Waals surface area (Å²) in [6.45, 7) is 3.95. The molecule has 1 fully saturated rings. The third kappa shape index (κ3) is 3.68. The van der Waals surface area contributed by atoms with E-state index in [1.807, 2.05) is 41.1 Å². The summed E-state index contributed by atoms with van der Waals surface area (Å²) in [4.78, 5) is 37.1. The molecule has 32 heavy (non-hydrogen) atoms. The Morgan fingerprint density at radius 1 is 1.06 bits per heavy atom. The second-order valence-corrected chi connectivity index (χ2v) is 7.61. The van der Waals surface area contributed by atoms with Crippen LogP contribution in [0, 0.1) is 0 Å². The third-order valence-corrected chi connectivity index (χ3v) is 5.49. The van der Waals surface area contributed by atoms with Crippen molar-refractivity contribution in [1.82, 2.24) is 19.3 Å². The minimum Gasteiger partial charge on any atom is -0.459 e. The Kier molecular flexibility index (Phi) is 5.06. The average molecular weight is 430 g/mol. The van der Waals surface area contributed by atoms with Crippen LogP contribution in [0.1, 0.15) is 17.5 Å². The van der Waals surface area contributed by atoms with Crippen molar-refractivity contribution in [3.63, 3.8) is 0 Å². The zero-order valence-electron chi connectivity index (χ0n) is 17.6. The molecule has 162 valence electrons. The summed E-state index contributed by atoms with van der Waals surface area (Å²) < 4.78 is 7.23. The van der Waals surface area contributed by atoms with Crippen LogP contribution in [0.25, 0.3) is 16.9 Å². The van der Waals surface area contributed by atoms with Crippen LogP contribution in [-0.2, 0) is 4.79 Å². The van der Waals surface area contributed by atoms with Gasteiger partial charge in [0.2, 0.25) is 5.91 Å². The van der Waals surface area contributed by atoms with Gasteiger partial charge in [0.1, 0.15) is 0 Å². The third-order valence-electron chi connectivity index (χ3n) is 5.49.